The lowest BCUT2D eigenvalue weighted by molar-refractivity contribution is 0.881. The van der Waals surface area contributed by atoms with E-state index in [1.165, 1.54) is 0 Å². The van der Waals surface area contributed by atoms with Gasteiger partial charge in [0.1, 0.15) is 5.82 Å². The number of aryl methyl sites for hydroxylation is 1. The number of hydrogen-bond acceptors (Lipinski definition) is 5. The molecule has 0 bridgehead atoms. The van der Waals surface area contributed by atoms with Crippen LogP contribution in [0.4, 0.5) is 5.95 Å². The van der Waals surface area contributed by atoms with Crippen molar-refractivity contribution in [3.05, 3.63) is 17.7 Å². The number of rotatable bonds is 3. The van der Waals surface area contributed by atoms with Crippen LogP contribution in [0.25, 0.3) is 0 Å². The molecule has 0 aliphatic carbocycles. The van der Waals surface area contributed by atoms with Gasteiger partial charge < -0.3 is 10.3 Å². The van der Waals surface area contributed by atoms with Crippen molar-refractivity contribution in [3.63, 3.8) is 0 Å². The van der Waals surface area contributed by atoms with E-state index in [-0.39, 0.29) is 0 Å². The quantitative estimate of drug-likeness (QED) is 0.608. The standard InChI is InChI=1S/C6H9N7/c1-4-7-2-5(9-4)3-8-6-10-12-13-11-6/h2H,3H2,1H3,(H,7,9)(H2,8,10,11,12,13). The maximum Gasteiger partial charge on any atom is 0.263 e. The summed E-state index contributed by atoms with van der Waals surface area (Å²) in [5.74, 6) is 1.37. The fraction of sp³-hybridized carbons (Fsp3) is 0.333. The van der Waals surface area contributed by atoms with E-state index in [4.69, 9.17) is 0 Å². The number of aromatic amines is 2. The Morgan fingerprint density at radius 1 is 1.54 bits per heavy atom. The highest BCUT2D eigenvalue weighted by atomic mass is 15.5. The van der Waals surface area contributed by atoms with E-state index >= 15 is 0 Å². The normalized spacial score (nSPS) is 10.2. The fourth-order valence-corrected chi connectivity index (χ4v) is 0.972. The minimum atomic E-state index is 0.479. The van der Waals surface area contributed by atoms with Crippen LogP contribution in [0.15, 0.2) is 6.20 Å². The fourth-order valence-electron chi connectivity index (χ4n) is 0.972. The Morgan fingerprint density at radius 3 is 3.08 bits per heavy atom. The number of H-pyrrole nitrogens is 2. The van der Waals surface area contributed by atoms with Crippen LogP contribution in [0.2, 0.25) is 0 Å². The van der Waals surface area contributed by atoms with E-state index < -0.39 is 0 Å². The van der Waals surface area contributed by atoms with E-state index in [0.29, 0.717) is 12.5 Å². The molecule has 7 nitrogen and oxygen atoms in total. The lowest BCUT2D eigenvalue weighted by Gasteiger charge is -1.96. The highest BCUT2D eigenvalue weighted by Crippen LogP contribution is 1.98. The van der Waals surface area contributed by atoms with Crippen molar-refractivity contribution in [2.24, 2.45) is 0 Å². The number of aromatic nitrogens is 6. The van der Waals surface area contributed by atoms with Crippen LogP contribution in [0, 0.1) is 6.92 Å². The monoisotopic (exact) mass is 179 g/mol. The van der Waals surface area contributed by atoms with Crippen molar-refractivity contribution in [1.29, 1.82) is 0 Å². The van der Waals surface area contributed by atoms with Gasteiger partial charge in [-0.3, -0.25) is 0 Å². The predicted octanol–water partition coefficient (Wildman–Crippen LogP) is -0.157. The number of anilines is 1. The summed E-state index contributed by atoms with van der Waals surface area (Å²) in [4.78, 5) is 7.14. The van der Waals surface area contributed by atoms with Crippen LogP contribution in [0.1, 0.15) is 11.5 Å². The van der Waals surface area contributed by atoms with Crippen LogP contribution >= 0.6 is 0 Å². The van der Waals surface area contributed by atoms with Crippen molar-refractivity contribution in [3.8, 4) is 0 Å². The molecule has 3 N–H and O–H groups in total. The third-order valence-electron chi connectivity index (χ3n) is 1.54. The summed E-state index contributed by atoms with van der Waals surface area (Å²) < 4.78 is 0. The summed E-state index contributed by atoms with van der Waals surface area (Å²) in [6.07, 6.45) is 1.77. The van der Waals surface area contributed by atoms with Gasteiger partial charge in [-0.05, 0) is 12.1 Å². The van der Waals surface area contributed by atoms with Gasteiger partial charge in [-0.2, -0.15) is 5.21 Å². The molecule has 13 heavy (non-hydrogen) atoms. The second-order valence-corrected chi connectivity index (χ2v) is 2.58. The summed E-state index contributed by atoms with van der Waals surface area (Å²) in [6, 6.07) is 0. The van der Waals surface area contributed by atoms with Gasteiger partial charge in [0, 0.05) is 0 Å². The Labute approximate surface area is 74.0 Å². The molecule has 0 spiro atoms. The number of tetrazole rings is 1. The third kappa shape index (κ3) is 1.81. The molecule has 0 fully saturated rings. The van der Waals surface area contributed by atoms with Crippen LogP contribution in [0.5, 0.6) is 0 Å². The Kier molecular flexibility index (Phi) is 1.91. The number of hydrogen-bond donors (Lipinski definition) is 3. The van der Waals surface area contributed by atoms with E-state index in [1.54, 1.807) is 6.20 Å². The molecule has 0 amide bonds. The van der Waals surface area contributed by atoms with Crippen molar-refractivity contribution in [1.82, 2.24) is 30.6 Å². The van der Waals surface area contributed by atoms with Gasteiger partial charge in [0.25, 0.3) is 5.95 Å². The summed E-state index contributed by atoms with van der Waals surface area (Å²) in [6.45, 7) is 2.51. The van der Waals surface area contributed by atoms with Gasteiger partial charge in [0.2, 0.25) is 0 Å². The molecular weight excluding hydrogens is 170 g/mol. The average molecular weight is 179 g/mol. The summed E-state index contributed by atoms with van der Waals surface area (Å²) in [5.41, 5.74) is 0.988. The first-order chi connectivity index (χ1) is 6.34. The van der Waals surface area contributed by atoms with Gasteiger partial charge in [0.05, 0.1) is 18.4 Å². The Morgan fingerprint density at radius 2 is 2.46 bits per heavy atom. The van der Waals surface area contributed by atoms with Crippen molar-refractivity contribution >= 4 is 5.95 Å². The number of imidazole rings is 1. The topological polar surface area (TPSA) is 95.2 Å². The smallest absolute Gasteiger partial charge is 0.263 e. The molecule has 0 aromatic carbocycles. The van der Waals surface area contributed by atoms with Crippen molar-refractivity contribution in [2.45, 2.75) is 13.5 Å². The molecule has 0 unspecified atom stereocenters. The maximum absolute atomic E-state index is 4.06. The van der Waals surface area contributed by atoms with Gasteiger partial charge >= 0.3 is 0 Å². The van der Waals surface area contributed by atoms with Crippen LogP contribution < -0.4 is 5.32 Å². The first-order valence-electron chi connectivity index (χ1n) is 3.82. The summed E-state index contributed by atoms with van der Waals surface area (Å²) >= 11 is 0. The highest BCUT2D eigenvalue weighted by Gasteiger charge is 1.98. The van der Waals surface area contributed by atoms with Crippen LogP contribution in [-0.4, -0.2) is 30.6 Å². The number of nitrogens with zero attached hydrogens (tertiary/aromatic N) is 4. The average Bonchev–Trinajstić information content (AvgIpc) is 2.71. The van der Waals surface area contributed by atoms with Gasteiger partial charge in [-0.15, -0.1) is 5.10 Å². The minimum Gasteiger partial charge on any atom is -0.346 e. The van der Waals surface area contributed by atoms with Crippen molar-refractivity contribution < 1.29 is 0 Å². The van der Waals surface area contributed by atoms with Crippen molar-refractivity contribution in [2.75, 3.05) is 5.32 Å². The molecule has 0 saturated carbocycles. The predicted molar refractivity (Wildman–Crippen MR) is 44.8 cm³/mol. The Hall–Kier alpha value is -1.92. The molecule has 0 atom stereocenters. The van der Waals surface area contributed by atoms with Gasteiger partial charge in [-0.25, -0.2) is 4.98 Å². The molecule has 7 heteroatoms. The number of nitrogens with one attached hydrogen (secondary N) is 3. The third-order valence-corrected chi connectivity index (χ3v) is 1.54. The highest BCUT2D eigenvalue weighted by molar-refractivity contribution is 5.20. The zero-order chi connectivity index (χ0) is 9.10. The molecule has 2 aromatic heterocycles. The summed E-state index contributed by atoms with van der Waals surface area (Å²) in [5, 5.41) is 16.2. The molecule has 0 saturated heterocycles. The van der Waals surface area contributed by atoms with E-state index in [9.17, 15) is 0 Å². The SMILES string of the molecule is Cc1ncc(CNc2nn[nH]n2)[nH]1. The molecule has 0 radical (unpaired) electrons. The molecule has 2 rings (SSSR count). The second-order valence-electron chi connectivity index (χ2n) is 2.58. The van der Waals surface area contributed by atoms with Crippen LogP contribution in [-0.2, 0) is 6.54 Å². The molecule has 2 aromatic rings. The van der Waals surface area contributed by atoms with Gasteiger partial charge in [0.15, 0.2) is 0 Å². The lowest BCUT2D eigenvalue weighted by atomic mass is 10.5. The zero-order valence-corrected chi connectivity index (χ0v) is 7.07. The first kappa shape index (κ1) is 7.71. The summed E-state index contributed by atoms with van der Waals surface area (Å²) in [7, 11) is 0. The zero-order valence-electron chi connectivity index (χ0n) is 7.07. The molecule has 0 aliphatic rings. The molecule has 2 heterocycles. The lowest BCUT2D eigenvalue weighted by Crippen LogP contribution is -2.01. The molecule has 0 aliphatic heterocycles. The Balaban J connectivity index is 1.93. The maximum atomic E-state index is 4.06. The minimum absolute atomic E-state index is 0.479. The largest absolute Gasteiger partial charge is 0.346 e. The first-order valence-corrected chi connectivity index (χ1v) is 3.82. The van der Waals surface area contributed by atoms with Gasteiger partial charge in [-0.1, -0.05) is 5.10 Å². The second kappa shape index (κ2) is 3.21. The molecular formula is C6H9N7. The van der Waals surface area contributed by atoms with E-state index in [2.05, 4.69) is 35.9 Å². The van der Waals surface area contributed by atoms with E-state index in [1.807, 2.05) is 6.92 Å². The van der Waals surface area contributed by atoms with Crippen LogP contribution in [0.3, 0.4) is 0 Å². The Bertz CT molecular complexity index is 362. The molecule has 68 valence electrons. The van der Waals surface area contributed by atoms with E-state index in [0.717, 1.165) is 11.5 Å².